The average molecular weight is 415 g/mol. The van der Waals surface area contributed by atoms with Crippen molar-refractivity contribution in [3.63, 3.8) is 0 Å². The van der Waals surface area contributed by atoms with E-state index in [1.54, 1.807) is 33.0 Å². The summed E-state index contributed by atoms with van der Waals surface area (Å²) in [4.78, 5) is 35.8. The lowest BCUT2D eigenvalue weighted by Gasteiger charge is -2.14. The highest BCUT2D eigenvalue weighted by molar-refractivity contribution is 6.03. The fourth-order valence-electron chi connectivity index (χ4n) is 3.02. The van der Waals surface area contributed by atoms with Gasteiger partial charge in [-0.15, -0.1) is 0 Å². The van der Waals surface area contributed by atoms with Crippen molar-refractivity contribution in [3.05, 3.63) is 57.9 Å². The van der Waals surface area contributed by atoms with Crippen LogP contribution in [0.25, 0.3) is 0 Å². The average Bonchev–Trinajstić information content (AvgIpc) is 3.42. The number of rotatable bonds is 8. The number of carbonyl (C=O) groups excluding carboxylic acids is 2. The zero-order chi connectivity index (χ0) is 21.8. The van der Waals surface area contributed by atoms with E-state index >= 15 is 0 Å². The molecule has 1 atom stereocenters. The SMILES string of the molecule is CCC(C(=O)Nc1cnn(C)c1C(=O)NCc1ccco1)n1nc([N+](=O)[O-])cc1C. The number of furan rings is 1. The molecule has 0 aliphatic heterocycles. The van der Waals surface area contributed by atoms with Gasteiger partial charge in [-0.3, -0.25) is 14.3 Å². The summed E-state index contributed by atoms with van der Waals surface area (Å²) >= 11 is 0. The number of nitro groups is 1. The van der Waals surface area contributed by atoms with Crippen molar-refractivity contribution >= 4 is 23.3 Å². The summed E-state index contributed by atoms with van der Waals surface area (Å²) in [5, 5.41) is 24.3. The molecule has 2 N–H and O–H groups in total. The van der Waals surface area contributed by atoms with Crippen LogP contribution in [0.1, 0.15) is 41.3 Å². The van der Waals surface area contributed by atoms with E-state index in [0.29, 0.717) is 17.9 Å². The summed E-state index contributed by atoms with van der Waals surface area (Å²) in [7, 11) is 1.58. The topological polar surface area (TPSA) is 150 Å². The molecule has 3 rings (SSSR count). The Morgan fingerprint density at radius 2 is 2.17 bits per heavy atom. The Labute approximate surface area is 171 Å². The van der Waals surface area contributed by atoms with Crippen LogP contribution in [0.3, 0.4) is 0 Å². The first kappa shape index (κ1) is 20.8. The van der Waals surface area contributed by atoms with Gasteiger partial charge in [-0.25, -0.2) is 0 Å². The maximum atomic E-state index is 12.9. The van der Waals surface area contributed by atoms with Gasteiger partial charge in [0.2, 0.25) is 0 Å². The van der Waals surface area contributed by atoms with Gasteiger partial charge >= 0.3 is 5.82 Å². The molecule has 0 saturated carbocycles. The third kappa shape index (κ3) is 4.21. The molecule has 0 radical (unpaired) electrons. The molecule has 158 valence electrons. The van der Waals surface area contributed by atoms with Crippen molar-refractivity contribution in [2.24, 2.45) is 7.05 Å². The van der Waals surface area contributed by atoms with Crippen molar-refractivity contribution < 1.29 is 18.9 Å². The van der Waals surface area contributed by atoms with Crippen LogP contribution in [0, 0.1) is 17.0 Å². The Bertz CT molecular complexity index is 1070. The van der Waals surface area contributed by atoms with E-state index in [-0.39, 0.29) is 23.7 Å². The molecule has 30 heavy (non-hydrogen) atoms. The predicted octanol–water partition coefficient (Wildman–Crippen LogP) is 1.95. The molecular formula is C18H21N7O5. The van der Waals surface area contributed by atoms with Crippen LogP contribution in [-0.4, -0.2) is 36.3 Å². The molecule has 1 unspecified atom stereocenters. The summed E-state index contributed by atoms with van der Waals surface area (Å²) in [5.74, 6) is -0.664. The molecule has 0 aliphatic carbocycles. The Morgan fingerprint density at radius 3 is 2.77 bits per heavy atom. The number of hydrogen-bond donors (Lipinski definition) is 2. The van der Waals surface area contributed by atoms with E-state index < -0.39 is 22.8 Å². The van der Waals surface area contributed by atoms with Crippen molar-refractivity contribution in [2.45, 2.75) is 32.9 Å². The number of anilines is 1. The zero-order valence-corrected chi connectivity index (χ0v) is 16.7. The third-order valence-electron chi connectivity index (χ3n) is 4.50. The maximum Gasteiger partial charge on any atom is 0.390 e. The number of hydrogen-bond acceptors (Lipinski definition) is 7. The molecule has 0 bridgehead atoms. The van der Waals surface area contributed by atoms with Gasteiger partial charge in [0.1, 0.15) is 11.5 Å². The first-order valence-corrected chi connectivity index (χ1v) is 9.15. The largest absolute Gasteiger partial charge is 0.467 e. The second-order valence-electron chi connectivity index (χ2n) is 6.55. The minimum atomic E-state index is -0.794. The summed E-state index contributed by atoms with van der Waals surface area (Å²) in [6.07, 6.45) is 3.21. The van der Waals surface area contributed by atoms with Gasteiger partial charge in [-0.2, -0.15) is 9.78 Å². The molecule has 0 aliphatic rings. The summed E-state index contributed by atoms with van der Waals surface area (Å²) in [6.45, 7) is 3.57. The zero-order valence-electron chi connectivity index (χ0n) is 16.7. The molecule has 12 heteroatoms. The second kappa shape index (κ2) is 8.59. The lowest BCUT2D eigenvalue weighted by atomic mass is 10.2. The Balaban J connectivity index is 1.77. The van der Waals surface area contributed by atoms with Crippen LogP contribution in [0.15, 0.2) is 35.1 Å². The standard InChI is InChI=1S/C18H21N7O5/c1-4-14(24-11(2)8-15(22-24)25(28)29)17(26)21-13-10-20-23(3)16(13)18(27)19-9-12-6-5-7-30-12/h5-8,10,14H,4,9H2,1-3H3,(H,19,27)(H,21,26). The number of carbonyl (C=O) groups is 2. The predicted molar refractivity (Wildman–Crippen MR) is 105 cm³/mol. The maximum absolute atomic E-state index is 12.9. The van der Waals surface area contributed by atoms with E-state index in [2.05, 4.69) is 20.8 Å². The van der Waals surface area contributed by atoms with Crippen molar-refractivity contribution in [2.75, 3.05) is 5.32 Å². The molecule has 0 fully saturated rings. The summed E-state index contributed by atoms with van der Waals surface area (Å²) < 4.78 is 7.84. The lowest BCUT2D eigenvalue weighted by molar-refractivity contribution is -0.389. The smallest absolute Gasteiger partial charge is 0.390 e. The Morgan fingerprint density at radius 1 is 1.40 bits per heavy atom. The molecule has 3 aromatic rings. The van der Waals surface area contributed by atoms with Crippen LogP contribution >= 0.6 is 0 Å². The van der Waals surface area contributed by atoms with Gasteiger partial charge in [0.25, 0.3) is 11.8 Å². The normalized spacial score (nSPS) is 11.8. The molecular weight excluding hydrogens is 394 g/mol. The van der Waals surface area contributed by atoms with Crippen molar-refractivity contribution in [1.82, 2.24) is 24.9 Å². The van der Waals surface area contributed by atoms with Crippen LogP contribution in [-0.2, 0) is 18.4 Å². The number of nitrogens with zero attached hydrogens (tertiary/aromatic N) is 5. The first-order valence-electron chi connectivity index (χ1n) is 9.15. The molecule has 3 aromatic heterocycles. The fourth-order valence-corrected chi connectivity index (χ4v) is 3.02. The molecule has 12 nitrogen and oxygen atoms in total. The minimum Gasteiger partial charge on any atom is -0.467 e. The summed E-state index contributed by atoms with van der Waals surface area (Å²) in [6, 6.07) is 3.94. The van der Waals surface area contributed by atoms with Gasteiger partial charge < -0.3 is 25.2 Å². The van der Waals surface area contributed by atoms with E-state index in [9.17, 15) is 19.7 Å². The van der Waals surface area contributed by atoms with Gasteiger partial charge in [0.05, 0.1) is 41.6 Å². The molecule has 2 amide bonds. The van der Waals surface area contributed by atoms with Gasteiger partial charge in [0.15, 0.2) is 6.04 Å². The Kier molecular flexibility index (Phi) is 5.95. The van der Waals surface area contributed by atoms with E-state index in [0.717, 1.165) is 0 Å². The Hall–Kier alpha value is -3.96. The van der Waals surface area contributed by atoms with E-state index in [1.165, 1.54) is 27.9 Å². The number of aromatic nitrogens is 4. The van der Waals surface area contributed by atoms with Gasteiger partial charge in [-0.1, -0.05) is 6.92 Å². The minimum absolute atomic E-state index is 0.160. The number of amides is 2. The van der Waals surface area contributed by atoms with Gasteiger partial charge in [-0.05, 0) is 30.4 Å². The van der Waals surface area contributed by atoms with E-state index in [1.807, 2.05) is 0 Å². The third-order valence-corrected chi connectivity index (χ3v) is 4.50. The highest BCUT2D eigenvalue weighted by atomic mass is 16.6. The van der Waals surface area contributed by atoms with Gasteiger partial charge in [0, 0.05) is 7.05 Å². The summed E-state index contributed by atoms with van der Waals surface area (Å²) in [5.41, 5.74) is 0.858. The molecule has 0 saturated heterocycles. The number of aryl methyl sites for hydroxylation is 2. The van der Waals surface area contributed by atoms with Crippen LogP contribution in [0.5, 0.6) is 0 Å². The molecule has 3 heterocycles. The quantitative estimate of drug-likeness (QED) is 0.421. The van der Waals surface area contributed by atoms with Crippen LogP contribution in [0.2, 0.25) is 0 Å². The fraction of sp³-hybridized carbons (Fsp3) is 0.333. The first-order chi connectivity index (χ1) is 14.3. The molecule has 0 spiro atoms. The lowest BCUT2D eigenvalue weighted by Crippen LogP contribution is -2.30. The highest BCUT2D eigenvalue weighted by Crippen LogP contribution is 2.22. The second-order valence-corrected chi connectivity index (χ2v) is 6.55. The molecule has 0 aromatic carbocycles. The monoisotopic (exact) mass is 415 g/mol. The van der Waals surface area contributed by atoms with Crippen molar-refractivity contribution in [1.29, 1.82) is 0 Å². The van der Waals surface area contributed by atoms with Crippen LogP contribution < -0.4 is 10.6 Å². The highest BCUT2D eigenvalue weighted by Gasteiger charge is 2.28. The van der Waals surface area contributed by atoms with E-state index in [4.69, 9.17) is 4.42 Å². The van der Waals surface area contributed by atoms with Crippen LogP contribution in [0.4, 0.5) is 11.5 Å². The number of nitrogens with one attached hydrogen (secondary N) is 2. The van der Waals surface area contributed by atoms with Crippen molar-refractivity contribution in [3.8, 4) is 0 Å².